The first-order chi connectivity index (χ1) is 6.65. The predicted octanol–water partition coefficient (Wildman–Crippen LogP) is 2.24. The van der Waals surface area contributed by atoms with Crippen LogP contribution in [0.25, 0.3) is 0 Å². The average Bonchev–Trinajstić information content (AvgIpc) is 2.65. The molecule has 0 bridgehead atoms. The average molecular weight is 230 g/mol. The molecular formula is C9H10O3S2. The molecule has 1 unspecified atom stereocenters. The minimum absolute atomic E-state index is 0.0911. The Morgan fingerprint density at radius 1 is 1.57 bits per heavy atom. The van der Waals surface area contributed by atoms with Crippen molar-refractivity contribution in [2.24, 2.45) is 0 Å². The molecule has 5 heteroatoms. The monoisotopic (exact) mass is 230 g/mol. The Morgan fingerprint density at radius 3 is 2.71 bits per heavy atom. The lowest BCUT2D eigenvalue weighted by molar-refractivity contribution is -0.140. The van der Waals surface area contributed by atoms with E-state index in [-0.39, 0.29) is 11.1 Å². The highest BCUT2D eigenvalue weighted by Crippen LogP contribution is 2.31. The number of rotatable bonds is 3. The second kappa shape index (κ2) is 5.17. The number of thioether (sulfide) groups is 1. The zero-order valence-electron chi connectivity index (χ0n) is 7.85. The van der Waals surface area contributed by atoms with E-state index < -0.39 is 5.25 Å². The molecule has 1 rings (SSSR count). The summed E-state index contributed by atoms with van der Waals surface area (Å²) in [6.07, 6.45) is 0. The van der Waals surface area contributed by atoms with E-state index in [0.717, 1.165) is 17.3 Å². The standard InChI is InChI=1S/C9H10O3S2/c1-6(10)14-8(9(11)12-2)7-3-4-13-5-7/h3-5,8H,1-2H3. The zero-order chi connectivity index (χ0) is 10.6. The lowest BCUT2D eigenvalue weighted by Gasteiger charge is -2.10. The summed E-state index contributed by atoms with van der Waals surface area (Å²) in [7, 11) is 1.32. The number of thiophene rings is 1. The Balaban J connectivity index is 2.82. The van der Waals surface area contributed by atoms with Crippen LogP contribution in [-0.4, -0.2) is 18.2 Å². The van der Waals surface area contributed by atoms with Gasteiger partial charge in [0.25, 0.3) is 0 Å². The van der Waals surface area contributed by atoms with Crippen LogP contribution in [0.3, 0.4) is 0 Å². The van der Waals surface area contributed by atoms with Gasteiger partial charge in [-0.15, -0.1) is 0 Å². The van der Waals surface area contributed by atoms with Gasteiger partial charge in [-0.1, -0.05) is 11.8 Å². The van der Waals surface area contributed by atoms with E-state index >= 15 is 0 Å². The van der Waals surface area contributed by atoms with Crippen LogP contribution in [0.2, 0.25) is 0 Å². The molecule has 76 valence electrons. The molecule has 1 aromatic rings. The van der Waals surface area contributed by atoms with E-state index in [0.29, 0.717) is 0 Å². The highest BCUT2D eigenvalue weighted by molar-refractivity contribution is 8.14. The van der Waals surface area contributed by atoms with Crippen molar-refractivity contribution in [3.05, 3.63) is 22.4 Å². The molecule has 1 heterocycles. The van der Waals surface area contributed by atoms with Crippen molar-refractivity contribution in [3.63, 3.8) is 0 Å². The number of esters is 1. The summed E-state index contributed by atoms with van der Waals surface area (Å²) in [5.41, 5.74) is 0.821. The lowest BCUT2D eigenvalue weighted by Crippen LogP contribution is -2.11. The zero-order valence-corrected chi connectivity index (χ0v) is 9.48. The van der Waals surface area contributed by atoms with E-state index in [9.17, 15) is 9.59 Å². The van der Waals surface area contributed by atoms with Gasteiger partial charge in [0.1, 0.15) is 5.25 Å². The van der Waals surface area contributed by atoms with E-state index in [4.69, 9.17) is 0 Å². The van der Waals surface area contributed by atoms with Gasteiger partial charge >= 0.3 is 5.97 Å². The number of hydrogen-bond donors (Lipinski definition) is 0. The van der Waals surface area contributed by atoms with Crippen LogP contribution in [-0.2, 0) is 14.3 Å². The second-order valence-corrected chi connectivity index (χ2v) is 4.63. The van der Waals surface area contributed by atoms with E-state index in [2.05, 4.69) is 4.74 Å². The molecule has 0 amide bonds. The van der Waals surface area contributed by atoms with Gasteiger partial charge in [0, 0.05) is 6.92 Å². The van der Waals surface area contributed by atoms with Gasteiger partial charge in [-0.25, -0.2) is 0 Å². The molecule has 0 N–H and O–H groups in total. The molecule has 0 aliphatic rings. The summed E-state index contributed by atoms with van der Waals surface area (Å²) in [6, 6.07) is 1.82. The molecule has 0 saturated carbocycles. The SMILES string of the molecule is COC(=O)C(SC(C)=O)c1ccsc1. The molecule has 0 saturated heterocycles. The summed E-state index contributed by atoms with van der Waals surface area (Å²) in [5, 5.41) is 3.10. The van der Waals surface area contributed by atoms with Gasteiger partial charge in [-0.05, 0) is 22.4 Å². The number of ether oxygens (including phenoxy) is 1. The van der Waals surface area contributed by atoms with Crippen molar-refractivity contribution in [1.29, 1.82) is 0 Å². The maximum Gasteiger partial charge on any atom is 0.323 e. The Hall–Kier alpha value is -0.810. The van der Waals surface area contributed by atoms with Crippen molar-refractivity contribution in [3.8, 4) is 0 Å². The third kappa shape index (κ3) is 2.85. The predicted molar refractivity (Wildman–Crippen MR) is 57.3 cm³/mol. The highest BCUT2D eigenvalue weighted by Gasteiger charge is 2.24. The van der Waals surface area contributed by atoms with Gasteiger partial charge in [0.05, 0.1) is 7.11 Å². The number of hydrogen-bond acceptors (Lipinski definition) is 5. The van der Waals surface area contributed by atoms with Crippen molar-refractivity contribution in [1.82, 2.24) is 0 Å². The molecule has 0 fully saturated rings. The molecular weight excluding hydrogens is 220 g/mol. The topological polar surface area (TPSA) is 43.4 Å². The summed E-state index contributed by atoms with van der Waals surface area (Å²) < 4.78 is 4.63. The number of carbonyl (C=O) groups is 2. The molecule has 1 aromatic heterocycles. The van der Waals surface area contributed by atoms with Gasteiger partial charge in [-0.3, -0.25) is 9.59 Å². The lowest BCUT2D eigenvalue weighted by atomic mass is 10.2. The van der Waals surface area contributed by atoms with Gasteiger partial charge in [0.15, 0.2) is 5.12 Å². The molecule has 3 nitrogen and oxygen atoms in total. The fraction of sp³-hybridized carbons (Fsp3) is 0.333. The van der Waals surface area contributed by atoms with Crippen LogP contribution in [0.4, 0.5) is 0 Å². The van der Waals surface area contributed by atoms with Crippen LogP contribution in [0, 0.1) is 0 Å². The minimum Gasteiger partial charge on any atom is -0.468 e. The van der Waals surface area contributed by atoms with Crippen LogP contribution < -0.4 is 0 Å². The van der Waals surface area contributed by atoms with Crippen LogP contribution in [0.5, 0.6) is 0 Å². The first kappa shape index (κ1) is 11.3. The highest BCUT2D eigenvalue weighted by atomic mass is 32.2. The quantitative estimate of drug-likeness (QED) is 0.747. The van der Waals surface area contributed by atoms with Crippen molar-refractivity contribution in [2.75, 3.05) is 7.11 Å². The summed E-state index contributed by atoms with van der Waals surface area (Å²) in [4.78, 5) is 22.3. The normalized spacial score (nSPS) is 12.1. The first-order valence-corrected chi connectivity index (χ1v) is 5.74. The first-order valence-electron chi connectivity index (χ1n) is 3.92. The third-order valence-corrected chi connectivity index (χ3v) is 3.28. The molecule has 0 radical (unpaired) electrons. The summed E-state index contributed by atoms with van der Waals surface area (Å²) in [6.45, 7) is 1.44. The van der Waals surface area contributed by atoms with Crippen LogP contribution in [0.15, 0.2) is 16.8 Å². The largest absolute Gasteiger partial charge is 0.468 e. The molecule has 0 aromatic carbocycles. The molecule has 1 atom stereocenters. The Kier molecular flexibility index (Phi) is 4.16. The smallest absolute Gasteiger partial charge is 0.323 e. The van der Waals surface area contributed by atoms with Crippen LogP contribution in [0.1, 0.15) is 17.7 Å². The summed E-state index contributed by atoms with van der Waals surface area (Å²) >= 11 is 2.47. The third-order valence-electron chi connectivity index (χ3n) is 1.55. The molecule has 0 spiro atoms. The Labute approximate surface area is 90.5 Å². The number of methoxy groups -OCH3 is 1. The maximum atomic E-state index is 11.4. The fourth-order valence-corrected chi connectivity index (χ4v) is 2.53. The van der Waals surface area contributed by atoms with E-state index in [1.54, 1.807) is 0 Å². The van der Waals surface area contributed by atoms with Crippen molar-refractivity contribution < 1.29 is 14.3 Å². The van der Waals surface area contributed by atoms with E-state index in [1.807, 2.05) is 16.8 Å². The fourth-order valence-electron chi connectivity index (χ4n) is 0.949. The van der Waals surface area contributed by atoms with Crippen LogP contribution >= 0.6 is 23.1 Å². The Morgan fingerprint density at radius 2 is 2.29 bits per heavy atom. The van der Waals surface area contributed by atoms with Crippen molar-refractivity contribution >= 4 is 34.2 Å². The van der Waals surface area contributed by atoms with Crippen molar-refractivity contribution in [2.45, 2.75) is 12.2 Å². The summed E-state index contributed by atoms with van der Waals surface area (Å²) in [5.74, 6) is -0.386. The van der Waals surface area contributed by atoms with E-state index in [1.165, 1.54) is 25.4 Å². The number of carbonyl (C=O) groups excluding carboxylic acids is 2. The Bertz CT molecular complexity index is 319. The van der Waals surface area contributed by atoms with Gasteiger partial charge in [-0.2, -0.15) is 11.3 Å². The van der Waals surface area contributed by atoms with Gasteiger partial charge < -0.3 is 4.74 Å². The molecule has 14 heavy (non-hydrogen) atoms. The maximum absolute atomic E-state index is 11.4. The molecule has 0 aliphatic heterocycles. The molecule has 0 aliphatic carbocycles. The minimum atomic E-state index is -0.524. The second-order valence-electron chi connectivity index (χ2n) is 2.57. The van der Waals surface area contributed by atoms with Gasteiger partial charge in [0.2, 0.25) is 0 Å².